The summed E-state index contributed by atoms with van der Waals surface area (Å²) in [4.78, 5) is 36.2. The summed E-state index contributed by atoms with van der Waals surface area (Å²) in [6.07, 6.45) is 1.56. The van der Waals surface area contributed by atoms with Crippen molar-refractivity contribution in [2.45, 2.75) is 25.7 Å². The van der Waals surface area contributed by atoms with Crippen molar-refractivity contribution < 1.29 is 28.6 Å². The van der Waals surface area contributed by atoms with Crippen LogP contribution < -0.4 is 0 Å². The molecule has 0 unspecified atom stereocenters. The van der Waals surface area contributed by atoms with Crippen LogP contribution >= 0.6 is 0 Å². The molecule has 2 rings (SSSR count). The van der Waals surface area contributed by atoms with Crippen LogP contribution in [0.5, 0.6) is 0 Å². The highest BCUT2D eigenvalue weighted by Crippen LogP contribution is 2.31. The van der Waals surface area contributed by atoms with E-state index in [4.69, 9.17) is 9.47 Å². The lowest BCUT2D eigenvalue weighted by atomic mass is 9.81. The summed E-state index contributed by atoms with van der Waals surface area (Å²) in [5.74, 6) is -1.25. The fourth-order valence-electron chi connectivity index (χ4n) is 2.92. The summed E-state index contributed by atoms with van der Waals surface area (Å²) in [7, 11) is 1.33. The summed E-state index contributed by atoms with van der Waals surface area (Å²) in [5.41, 5.74) is 0.167. The number of carbonyl (C=O) groups excluding carboxylic acids is 3. The molecule has 2 aromatic carbocycles. The van der Waals surface area contributed by atoms with E-state index in [1.165, 1.54) is 7.11 Å². The number of esters is 3. The Labute approximate surface area is 177 Å². The molecule has 0 amide bonds. The Kier molecular flexibility index (Phi) is 9.06. The Morgan fingerprint density at radius 1 is 0.833 bits per heavy atom. The quantitative estimate of drug-likeness (QED) is 0.406. The second-order valence-electron chi connectivity index (χ2n) is 7.06. The van der Waals surface area contributed by atoms with Gasteiger partial charge in [-0.3, -0.25) is 4.79 Å². The first-order chi connectivity index (χ1) is 14.5. The monoisotopic (exact) mass is 411 g/mol. The first-order valence-corrected chi connectivity index (χ1v) is 9.80. The number of hydrogen-bond acceptors (Lipinski definition) is 6. The normalized spacial score (nSPS) is 10.9. The molecule has 159 valence electrons. The van der Waals surface area contributed by atoms with Crippen molar-refractivity contribution >= 4 is 17.9 Å². The zero-order valence-corrected chi connectivity index (χ0v) is 17.2. The van der Waals surface area contributed by atoms with Crippen LogP contribution in [0.15, 0.2) is 60.7 Å². The van der Waals surface area contributed by atoms with E-state index >= 15 is 0 Å². The molecule has 2 aromatic rings. The van der Waals surface area contributed by atoms with Crippen LogP contribution in [0.1, 0.15) is 46.4 Å². The molecule has 0 spiro atoms. The summed E-state index contributed by atoms with van der Waals surface area (Å²) in [5, 5.41) is 0. The minimum atomic E-state index is -0.705. The molecule has 0 aliphatic rings. The van der Waals surface area contributed by atoms with Crippen LogP contribution in [0.2, 0.25) is 0 Å². The van der Waals surface area contributed by atoms with Gasteiger partial charge in [-0.25, -0.2) is 9.59 Å². The maximum Gasteiger partial charge on any atom is 0.338 e. The molecule has 6 heteroatoms. The topological polar surface area (TPSA) is 78.9 Å². The van der Waals surface area contributed by atoms with Crippen molar-refractivity contribution in [1.29, 1.82) is 0 Å². The van der Waals surface area contributed by atoms with E-state index in [9.17, 15) is 14.4 Å². The fourth-order valence-corrected chi connectivity index (χ4v) is 2.92. The number of benzene rings is 2. The molecule has 0 atom stereocenters. The summed E-state index contributed by atoms with van der Waals surface area (Å²) in [6.45, 7) is 4.02. The van der Waals surface area contributed by atoms with Gasteiger partial charge >= 0.3 is 17.9 Å². The van der Waals surface area contributed by atoms with Crippen LogP contribution in [-0.4, -0.2) is 38.2 Å². The molecule has 30 heavy (non-hydrogen) atoms. The molecule has 0 heterocycles. The third kappa shape index (κ3) is 7.03. The minimum absolute atomic E-state index is 0.0213. The van der Waals surface area contributed by atoms with E-state index in [2.05, 4.69) is 11.7 Å². The lowest BCUT2D eigenvalue weighted by molar-refractivity contribution is -0.141. The van der Waals surface area contributed by atoms with Crippen LogP contribution in [0.3, 0.4) is 0 Å². The number of methoxy groups -OCH3 is 1. The number of hydrogen-bond donors (Lipinski definition) is 0. The van der Waals surface area contributed by atoms with E-state index < -0.39 is 17.4 Å². The standard InChI is InChI=1S/C24H27O6/c1-3-24(16-10-15-21(25)28-2,17-29-22(26)19-11-6-4-7-12-19)18-30-23(27)20-13-8-5-9-14-20/h4-9,11-14H,1,3,10,15-18H2,2H3. The van der Waals surface area contributed by atoms with Crippen LogP contribution in [0, 0.1) is 12.3 Å². The molecule has 0 bridgehead atoms. The van der Waals surface area contributed by atoms with Gasteiger partial charge in [0.2, 0.25) is 0 Å². The van der Waals surface area contributed by atoms with Gasteiger partial charge in [0.15, 0.2) is 0 Å². The molecular formula is C24H27O6. The number of ether oxygens (including phenoxy) is 3. The van der Waals surface area contributed by atoms with Crippen molar-refractivity contribution in [1.82, 2.24) is 0 Å². The first kappa shape index (κ1) is 23.1. The van der Waals surface area contributed by atoms with Gasteiger partial charge in [0.1, 0.15) is 13.2 Å². The van der Waals surface area contributed by atoms with Gasteiger partial charge < -0.3 is 14.2 Å². The van der Waals surface area contributed by atoms with Crippen molar-refractivity contribution in [3.8, 4) is 0 Å². The van der Waals surface area contributed by atoms with Crippen molar-refractivity contribution in [3.63, 3.8) is 0 Å². The predicted octanol–water partition coefficient (Wildman–Crippen LogP) is 4.25. The van der Waals surface area contributed by atoms with E-state index in [1.807, 2.05) is 12.1 Å². The Morgan fingerprint density at radius 2 is 1.30 bits per heavy atom. The van der Waals surface area contributed by atoms with Gasteiger partial charge in [-0.2, -0.15) is 0 Å². The number of rotatable bonds is 11. The second-order valence-corrected chi connectivity index (χ2v) is 7.06. The zero-order chi connectivity index (χ0) is 21.8. The Bertz CT molecular complexity index is 761. The lowest BCUT2D eigenvalue weighted by Gasteiger charge is -2.31. The molecule has 0 aliphatic carbocycles. The van der Waals surface area contributed by atoms with Gasteiger partial charge in [-0.15, -0.1) is 0 Å². The average molecular weight is 411 g/mol. The van der Waals surface area contributed by atoms with Gasteiger partial charge in [0.25, 0.3) is 0 Å². The number of carbonyl (C=O) groups is 3. The first-order valence-electron chi connectivity index (χ1n) is 9.80. The Hall–Kier alpha value is -3.15. The molecule has 0 aromatic heterocycles. The minimum Gasteiger partial charge on any atom is -0.469 e. The molecule has 0 saturated carbocycles. The van der Waals surface area contributed by atoms with E-state index in [-0.39, 0.29) is 25.6 Å². The van der Waals surface area contributed by atoms with Crippen molar-refractivity contribution in [3.05, 3.63) is 78.7 Å². The largest absolute Gasteiger partial charge is 0.469 e. The summed E-state index contributed by atoms with van der Waals surface area (Å²) >= 11 is 0. The zero-order valence-electron chi connectivity index (χ0n) is 17.2. The van der Waals surface area contributed by atoms with Crippen LogP contribution in [0.25, 0.3) is 0 Å². The van der Waals surface area contributed by atoms with Gasteiger partial charge in [0.05, 0.1) is 18.2 Å². The molecule has 6 nitrogen and oxygen atoms in total. The maximum atomic E-state index is 12.4. The third-order valence-corrected chi connectivity index (χ3v) is 4.88. The Balaban J connectivity index is 2.05. The van der Waals surface area contributed by atoms with E-state index in [0.717, 1.165) is 0 Å². The molecule has 0 N–H and O–H groups in total. The molecule has 0 saturated heterocycles. The predicted molar refractivity (Wildman–Crippen MR) is 112 cm³/mol. The van der Waals surface area contributed by atoms with E-state index in [1.54, 1.807) is 48.5 Å². The highest BCUT2D eigenvalue weighted by atomic mass is 16.5. The molecule has 0 fully saturated rings. The Morgan fingerprint density at radius 3 is 1.70 bits per heavy atom. The SMILES string of the molecule is [CH2]CC(CCCC(=O)OC)(COC(=O)c1ccccc1)COC(=O)c1ccccc1. The summed E-state index contributed by atoms with van der Waals surface area (Å²) < 4.78 is 15.7. The highest BCUT2D eigenvalue weighted by Gasteiger charge is 2.32. The van der Waals surface area contributed by atoms with Gasteiger partial charge in [-0.05, 0) is 43.5 Å². The second kappa shape index (κ2) is 11.8. The van der Waals surface area contributed by atoms with Gasteiger partial charge in [0, 0.05) is 11.8 Å². The van der Waals surface area contributed by atoms with Crippen molar-refractivity contribution in [2.24, 2.45) is 5.41 Å². The smallest absolute Gasteiger partial charge is 0.338 e. The average Bonchev–Trinajstić information content (AvgIpc) is 2.81. The molecule has 1 radical (unpaired) electrons. The third-order valence-electron chi connectivity index (χ3n) is 4.88. The molecule has 0 aliphatic heterocycles. The fraction of sp³-hybridized carbons (Fsp3) is 0.333. The maximum absolute atomic E-state index is 12.4. The summed E-state index contributed by atoms with van der Waals surface area (Å²) in [6, 6.07) is 17.3. The van der Waals surface area contributed by atoms with Crippen molar-refractivity contribution in [2.75, 3.05) is 20.3 Å². The van der Waals surface area contributed by atoms with Crippen LogP contribution in [-0.2, 0) is 19.0 Å². The van der Waals surface area contributed by atoms with E-state index in [0.29, 0.717) is 30.4 Å². The molecular weight excluding hydrogens is 384 g/mol. The lowest BCUT2D eigenvalue weighted by Crippen LogP contribution is -2.34. The van der Waals surface area contributed by atoms with Gasteiger partial charge in [-0.1, -0.05) is 43.3 Å². The van der Waals surface area contributed by atoms with Crippen LogP contribution in [0.4, 0.5) is 0 Å². The highest BCUT2D eigenvalue weighted by molar-refractivity contribution is 5.89.